The van der Waals surface area contributed by atoms with Crippen LogP contribution in [-0.2, 0) is 9.53 Å². The van der Waals surface area contributed by atoms with Crippen LogP contribution in [0.2, 0.25) is 0 Å². The molecule has 0 radical (unpaired) electrons. The molecule has 0 heterocycles. The molecule has 0 amide bonds. The Balaban J connectivity index is 3.48. The van der Waals surface area contributed by atoms with Gasteiger partial charge in [-0.3, -0.25) is 4.79 Å². The summed E-state index contributed by atoms with van der Waals surface area (Å²) in [6, 6.07) is 0. The van der Waals surface area contributed by atoms with Crippen LogP contribution in [0.25, 0.3) is 0 Å². The van der Waals surface area contributed by atoms with Gasteiger partial charge < -0.3 is 4.74 Å². The molecule has 0 N–H and O–H groups in total. The summed E-state index contributed by atoms with van der Waals surface area (Å²) in [5.74, 6) is -0.0843. The van der Waals surface area contributed by atoms with Gasteiger partial charge in [-0.15, -0.1) is 0 Å². The average molecular weight is 184 g/mol. The monoisotopic (exact) mass is 184 g/mol. The van der Waals surface area contributed by atoms with Gasteiger partial charge in [0.25, 0.3) is 0 Å². The molecule has 0 spiro atoms. The summed E-state index contributed by atoms with van der Waals surface area (Å²) in [5.41, 5.74) is 1.33. The fraction of sp³-hybridized carbons (Fsp3) is 0.727. The number of carbonyl (C=O) groups is 1. The maximum absolute atomic E-state index is 11.1. The fourth-order valence-electron chi connectivity index (χ4n) is 0.978. The minimum atomic E-state index is -0.0843. The average Bonchev–Trinajstić information content (AvgIpc) is 2.02. The van der Waals surface area contributed by atoms with Gasteiger partial charge >= 0.3 is 5.97 Å². The van der Waals surface area contributed by atoms with Gasteiger partial charge in [-0.05, 0) is 40.5 Å². The first-order valence-electron chi connectivity index (χ1n) is 4.87. The van der Waals surface area contributed by atoms with Crippen molar-refractivity contribution in [3.63, 3.8) is 0 Å². The quantitative estimate of drug-likeness (QED) is 0.485. The zero-order valence-electron chi connectivity index (χ0n) is 9.09. The Morgan fingerprint density at radius 1 is 1.38 bits per heavy atom. The molecule has 2 nitrogen and oxygen atoms in total. The SMILES string of the molecule is C/C=C(\C)CCCC(=O)OC(C)C. The van der Waals surface area contributed by atoms with Gasteiger partial charge in [0.2, 0.25) is 0 Å². The van der Waals surface area contributed by atoms with Crippen LogP contribution >= 0.6 is 0 Å². The molecule has 13 heavy (non-hydrogen) atoms. The lowest BCUT2D eigenvalue weighted by atomic mass is 10.1. The highest BCUT2D eigenvalue weighted by atomic mass is 16.5. The van der Waals surface area contributed by atoms with Crippen molar-refractivity contribution in [2.75, 3.05) is 0 Å². The van der Waals surface area contributed by atoms with E-state index in [9.17, 15) is 4.79 Å². The Hall–Kier alpha value is -0.790. The lowest BCUT2D eigenvalue weighted by Gasteiger charge is -2.07. The Bertz CT molecular complexity index is 181. The van der Waals surface area contributed by atoms with Gasteiger partial charge in [0, 0.05) is 6.42 Å². The predicted octanol–water partition coefficient (Wildman–Crippen LogP) is 3.07. The highest BCUT2D eigenvalue weighted by Gasteiger charge is 2.04. The van der Waals surface area contributed by atoms with Gasteiger partial charge in [-0.25, -0.2) is 0 Å². The van der Waals surface area contributed by atoms with Crippen LogP contribution in [0, 0.1) is 0 Å². The highest BCUT2D eigenvalue weighted by Crippen LogP contribution is 2.07. The van der Waals surface area contributed by atoms with Crippen LogP contribution in [0.1, 0.15) is 47.0 Å². The summed E-state index contributed by atoms with van der Waals surface area (Å²) in [6.07, 6.45) is 4.50. The minimum absolute atomic E-state index is 0.00955. The number of hydrogen-bond acceptors (Lipinski definition) is 2. The molecule has 0 atom stereocenters. The van der Waals surface area contributed by atoms with Crippen molar-refractivity contribution in [1.29, 1.82) is 0 Å². The Kier molecular flexibility index (Phi) is 6.29. The minimum Gasteiger partial charge on any atom is -0.463 e. The number of hydrogen-bond donors (Lipinski definition) is 0. The number of carbonyl (C=O) groups excluding carboxylic acids is 1. The molecule has 0 unspecified atom stereocenters. The molecular formula is C11H20O2. The molecular weight excluding hydrogens is 164 g/mol. The van der Waals surface area contributed by atoms with E-state index in [0.717, 1.165) is 12.8 Å². The third-order valence-corrected chi connectivity index (χ3v) is 1.81. The van der Waals surface area contributed by atoms with Crippen LogP contribution in [0.3, 0.4) is 0 Å². The number of esters is 1. The Morgan fingerprint density at radius 3 is 2.46 bits per heavy atom. The van der Waals surface area contributed by atoms with E-state index in [1.54, 1.807) is 0 Å². The van der Waals surface area contributed by atoms with E-state index >= 15 is 0 Å². The molecule has 0 bridgehead atoms. The molecule has 0 aliphatic carbocycles. The molecule has 0 aliphatic rings. The molecule has 0 fully saturated rings. The van der Waals surface area contributed by atoms with Gasteiger partial charge in [0.05, 0.1) is 6.10 Å². The molecule has 76 valence electrons. The zero-order valence-corrected chi connectivity index (χ0v) is 9.09. The molecule has 2 heteroatoms. The second kappa shape index (κ2) is 6.70. The van der Waals surface area contributed by atoms with Gasteiger partial charge in [-0.1, -0.05) is 11.6 Å². The summed E-state index contributed by atoms with van der Waals surface area (Å²) < 4.78 is 5.01. The van der Waals surface area contributed by atoms with Crippen LogP contribution in [0.4, 0.5) is 0 Å². The first-order valence-corrected chi connectivity index (χ1v) is 4.87. The molecule has 0 aromatic heterocycles. The first kappa shape index (κ1) is 12.2. The lowest BCUT2D eigenvalue weighted by molar-refractivity contribution is -0.147. The van der Waals surface area contributed by atoms with Crippen LogP contribution in [0.15, 0.2) is 11.6 Å². The topological polar surface area (TPSA) is 26.3 Å². The second-order valence-electron chi connectivity index (χ2n) is 3.53. The van der Waals surface area contributed by atoms with E-state index in [4.69, 9.17) is 4.74 Å². The van der Waals surface area contributed by atoms with E-state index in [-0.39, 0.29) is 12.1 Å². The normalized spacial score (nSPS) is 11.9. The molecule has 0 aromatic carbocycles. The summed E-state index contributed by atoms with van der Waals surface area (Å²) in [7, 11) is 0. The van der Waals surface area contributed by atoms with E-state index in [0.29, 0.717) is 6.42 Å². The van der Waals surface area contributed by atoms with Crippen LogP contribution in [-0.4, -0.2) is 12.1 Å². The first-order chi connectivity index (χ1) is 6.06. The van der Waals surface area contributed by atoms with Crippen molar-refractivity contribution in [2.45, 2.75) is 53.1 Å². The largest absolute Gasteiger partial charge is 0.463 e. The second-order valence-corrected chi connectivity index (χ2v) is 3.53. The standard InChI is InChI=1S/C11H20O2/c1-5-10(4)7-6-8-11(12)13-9(2)3/h5,9H,6-8H2,1-4H3/b10-5+. The molecule has 0 aromatic rings. The lowest BCUT2D eigenvalue weighted by Crippen LogP contribution is -2.10. The maximum atomic E-state index is 11.1. The van der Waals surface area contributed by atoms with Gasteiger partial charge in [-0.2, -0.15) is 0 Å². The molecule has 0 rings (SSSR count). The van der Waals surface area contributed by atoms with Crippen LogP contribution < -0.4 is 0 Å². The Labute approximate surface area is 81.0 Å². The number of ether oxygens (including phenoxy) is 1. The zero-order chi connectivity index (χ0) is 10.3. The third-order valence-electron chi connectivity index (χ3n) is 1.81. The molecule has 0 aliphatic heterocycles. The molecule has 0 saturated carbocycles. The van der Waals surface area contributed by atoms with Crippen molar-refractivity contribution in [3.8, 4) is 0 Å². The highest BCUT2D eigenvalue weighted by molar-refractivity contribution is 5.69. The van der Waals surface area contributed by atoms with Gasteiger partial charge in [0.15, 0.2) is 0 Å². The number of rotatable bonds is 5. The van der Waals surface area contributed by atoms with Crippen molar-refractivity contribution in [1.82, 2.24) is 0 Å². The fourth-order valence-corrected chi connectivity index (χ4v) is 0.978. The maximum Gasteiger partial charge on any atom is 0.306 e. The van der Waals surface area contributed by atoms with Crippen molar-refractivity contribution < 1.29 is 9.53 Å². The summed E-state index contributed by atoms with van der Waals surface area (Å²) in [4.78, 5) is 11.1. The van der Waals surface area contributed by atoms with E-state index < -0.39 is 0 Å². The predicted molar refractivity (Wildman–Crippen MR) is 54.5 cm³/mol. The summed E-state index contributed by atoms with van der Waals surface area (Å²) in [6.45, 7) is 7.83. The molecule has 0 saturated heterocycles. The van der Waals surface area contributed by atoms with E-state index in [1.165, 1.54) is 5.57 Å². The smallest absolute Gasteiger partial charge is 0.306 e. The number of allylic oxidation sites excluding steroid dienone is 2. The van der Waals surface area contributed by atoms with Crippen molar-refractivity contribution >= 4 is 5.97 Å². The van der Waals surface area contributed by atoms with E-state index in [2.05, 4.69) is 13.0 Å². The Morgan fingerprint density at radius 2 is 2.00 bits per heavy atom. The van der Waals surface area contributed by atoms with E-state index in [1.807, 2.05) is 20.8 Å². The summed E-state index contributed by atoms with van der Waals surface area (Å²) in [5, 5.41) is 0. The van der Waals surface area contributed by atoms with Crippen molar-refractivity contribution in [2.24, 2.45) is 0 Å². The van der Waals surface area contributed by atoms with Crippen molar-refractivity contribution in [3.05, 3.63) is 11.6 Å². The third kappa shape index (κ3) is 7.57. The summed E-state index contributed by atoms with van der Waals surface area (Å²) >= 11 is 0. The van der Waals surface area contributed by atoms with Crippen LogP contribution in [0.5, 0.6) is 0 Å². The van der Waals surface area contributed by atoms with Gasteiger partial charge in [0.1, 0.15) is 0 Å².